The van der Waals surface area contributed by atoms with Crippen LogP contribution in [-0.2, 0) is 9.59 Å². The lowest BCUT2D eigenvalue weighted by atomic mass is 10.0. The highest BCUT2D eigenvalue weighted by Gasteiger charge is 2.31. The highest BCUT2D eigenvalue weighted by molar-refractivity contribution is 5.81. The van der Waals surface area contributed by atoms with Crippen molar-refractivity contribution < 1.29 is 19.6 Å². The summed E-state index contributed by atoms with van der Waals surface area (Å²) in [7, 11) is 0. The van der Waals surface area contributed by atoms with Crippen LogP contribution in [0.2, 0.25) is 0 Å². The molecule has 8 heteroatoms. The van der Waals surface area contributed by atoms with Crippen molar-refractivity contribution in [1.29, 1.82) is 0 Å². The third kappa shape index (κ3) is 4.78. The highest BCUT2D eigenvalue weighted by atomic mass is 16.6. The molecule has 0 saturated heterocycles. The van der Waals surface area contributed by atoms with E-state index in [0.717, 1.165) is 11.1 Å². The van der Waals surface area contributed by atoms with E-state index in [1.165, 1.54) is 17.1 Å². The summed E-state index contributed by atoms with van der Waals surface area (Å²) in [5.74, 6) is -1.23. The second-order valence-corrected chi connectivity index (χ2v) is 6.87. The number of amides is 1. The SMILES string of the molecule is Cc1ccc(C2=C[C@H](c3cccc([N+](=O)[O-])c3)N(C(=O)CCCC(=O)O)N2)cc1. The second kappa shape index (κ2) is 8.55. The van der Waals surface area contributed by atoms with Gasteiger partial charge in [-0.3, -0.25) is 25.1 Å². The molecule has 1 aliphatic heterocycles. The first-order valence-corrected chi connectivity index (χ1v) is 9.19. The maximum Gasteiger partial charge on any atom is 0.303 e. The molecule has 8 nitrogen and oxygen atoms in total. The first-order valence-electron chi connectivity index (χ1n) is 9.19. The van der Waals surface area contributed by atoms with Crippen LogP contribution < -0.4 is 5.43 Å². The summed E-state index contributed by atoms with van der Waals surface area (Å²) in [6.45, 7) is 1.98. The van der Waals surface area contributed by atoms with Gasteiger partial charge in [0.05, 0.1) is 16.7 Å². The molecule has 1 atom stereocenters. The molecule has 0 spiro atoms. The number of aliphatic carboxylic acids is 1. The minimum absolute atomic E-state index is 0.0553. The number of hydrogen-bond donors (Lipinski definition) is 2. The van der Waals surface area contributed by atoms with Crippen molar-refractivity contribution in [3.63, 3.8) is 0 Å². The molecule has 1 amide bonds. The number of aryl methyl sites for hydroxylation is 1. The van der Waals surface area contributed by atoms with E-state index in [9.17, 15) is 19.7 Å². The van der Waals surface area contributed by atoms with Crippen molar-refractivity contribution in [2.45, 2.75) is 32.2 Å². The number of nitrogens with one attached hydrogen (secondary N) is 1. The molecule has 2 aromatic rings. The van der Waals surface area contributed by atoms with E-state index >= 15 is 0 Å². The summed E-state index contributed by atoms with van der Waals surface area (Å²) in [5, 5.41) is 21.4. The van der Waals surface area contributed by atoms with Crippen LogP contribution in [0.15, 0.2) is 54.6 Å². The van der Waals surface area contributed by atoms with Gasteiger partial charge < -0.3 is 5.11 Å². The number of carbonyl (C=O) groups excluding carboxylic acids is 1. The first-order chi connectivity index (χ1) is 13.8. The number of nitrogens with zero attached hydrogens (tertiary/aromatic N) is 2. The molecule has 29 heavy (non-hydrogen) atoms. The van der Waals surface area contributed by atoms with E-state index in [1.54, 1.807) is 12.1 Å². The fraction of sp³-hybridized carbons (Fsp3) is 0.238. The fourth-order valence-corrected chi connectivity index (χ4v) is 3.16. The third-order valence-electron chi connectivity index (χ3n) is 4.68. The Hall–Kier alpha value is -3.68. The lowest BCUT2D eigenvalue weighted by Gasteiger charge is -2.25. The molecular formula is C21H21N3O5. The van der Waals surface area contributed by atoms with Gasteiger partial charge >= 0.3 is 5.97 Å². The first kappa shape index (κ1) is 20.1. The Balaban J connectivity index is 1.90. The minimum atomic E-state index is -0.958. The number of hydrogen-bond acceptors (Lipinski definition) is 5. The maximum atomic E-state index is 12.8. The Morgan fingerprint density at radius 3 is 2.55 bits per heavy atom. The Bertz CT molecular complexity index is 969. The molecule has 1 heterocycles. The van der Waals surface area contributed by atoms with Gasteiger partial charge in [-0.25, -0.2) is 5.01 Å². The van der Waals surface area contributed by atoms with Crippen LogP contribution in [0.1, 0.15) is 42.0 Å². The molecule has 0 aliphatic carbocycles. The summed E-state index contributed by atoms with van der Waals surface area (Å²) in [4.78, 5) is 34.2. The molecule has 2 aromatic carbocycles. The lowest BCUT2D eigenvalue weighted by Crippen LogP contribution is -2.39. The van der Waals surface area contributed by atoms with Gasteiger partial charge in [0.15, 0.2) is 0 Å². The predicted molar refractivity (Wildman–Crippen MR) is 106 cm³/mol. The zero-order valence-electron chi connectivity index (χ0n) is 15.9. The van der Waals surface area contributed by atoms with Gasteiger partial charge in [0.1, 0.15) is 0 Å². The highest BCUT2D eigenvalue weighted by Crippen LogP contribution is 2.33. The van der Waals surface area contributed by atoms with Crippen molar-refractivity contribution >= 4 is 23.3 Å². The Labute approximate surface area is 167 Å². The lowest BCUT2D eigenvalue weighted by molar-refractivity contribution is -0.384. The number of non-ortho nitro benzene ring substituents is 1. The van der Waals surface area contributed by atoms with Crippen LogP contribution in [0.25, 0.3) is 5.70 Å². The van der Waals surface area contributed by atoms with Crippen molar-refractivity contribution in [2.75, 3.05) is 0 Å². The topological polar surface area (TPSA) is 113 Å². The van der Waals surface area contributed by atoms with Gasteiger partial charge in [0.2, 0.25) is 5.91 Å². The number of nitro groups is 1. The van der Waals surface area contributed by atoms with E-state index in [0.29, 0.717) is 11.3 Å². The molecule has 0 fully saturated rings. The quantitative estimate of drug-likeness (QED) is 0.547. The number of nitro benzene ring substituents is 1. The monoisotopic (exact) mass is 395 g/mol. The molecule has 0 saturated carbocycles. The molecule has 0 aromatic heterocycles. The molecule has 2 N–H and O–H groups in total. The maximum absolute atomic E-state index is 12.8. The van der Waals surface area contributed by atoms with Crippen molar-refractivity contribution in [2.24, 2.45) is 0 Å². The van der Waals surface area contributed by atoms with E-state index in [-0.39, 0.29) is 30.9 Å². The van der Waals surface area contributed by atoms with Crippen LogP contribution in [0.5, 0.6) is 0 Å². The molecule has 3 rings (SSSR count). The predicted octanol–water partition coefficient (Wildman–Crippen LogP) is 3.59. The zero-order chi connectivity index (χ0) is 21.0. The van der Waals surface area contributed by atoms with Crippen LogP contribution in [-0.4, -0.2) is 26.9 Å². The average molecular weight is 395 g/mol. The summed E-state index contributed by atoms with van der Waals surface area (Å²) in [6, 6.07) is 13.4. The minimum Gasteiger partial charge on any atom is -0.481 e. The van der Waals surface area contributed by atoms with Crippen LogP contribution in [0.3, 0.4) is 0 Å². The van der Waals surface area contributed by atoms with Gasteiger partial charge in [0, 0.05) is 25.0 Å². The Kier molecular flexibility index (Phi) is 5.92. The molecule has 0 radical (unpaired) electrons. The van der Waals surface area contributed by atoms with Gasteiger partial charge in [-0.1, -0.05) is 42.0 Å². The fourth-order valence-electron chi connectivity index (χ4n) is 3.16. The van der Waals surface area contributed by atoms with Crippen LogP contribution in [0, 0.1) is 17.0 Å². The van der Waals surface area contributed by atoms with Gasteiger partial charge in [0.25, 0.3) is 5.69 Å². The van der Waals surface area contributed by atoms with Gasteiger partial charge in [-0.2, -0.15) is 0 Å². The molecule has 0 bridgehead atoms. The summed E-state index contributed by atoms with van der Waals surface area (Å²) in [5.41, 5.74) is 6.33. The smallest absolute Gasteiger partial charge is 0.303 e. The number of rotatable bonds is 7. The second-order valence-electron chi connectivity index (χ2n) is 6.87. The Morgan fingerprint density at radius 1 is 1.17 bits per heavy atom. The van der Waals surface area contributed by atoms with E-state index < -0.39 is 16.9 Å². The molecule has 150 valence electrons. The summed E-state index contributed by atoms with van der Waals surface area (Å²) < 4.78 is 0. The average Bonchev–Trinajstić information content (AvgIpc) is 3.14. The number of carboxylic acid groups (broad SMARTS) is 1. The molecule has 0 unspecified atom stereocenters. The number of hydrazine groups is 1. The Morgan fingerprint density at radius 2 is 1.90 bits per heavy atom. The number of carbonyl (C=O) groups is 2. The van der Waals surface area contributed by atoms with Crippen molar-refractivity contribution in [3.05, 3.63) is 81.4 Å². The standard InChI is InChI=1S/C21H21N3O5/c1-14-8-10-15(11-9-14)18-13-19(16-4-2-5-17(12-16)24(28)29)23(22-18)20(25)6-3-7-21(26)27/h2,4-5,8-13,19,22H,3,6-7H2,1H3,(H,26,27)/t19-/m1/s1. The third-order valence-corrected chi connectivity index (χ3v) is 4.68. The largest absolute Gasteiger partial charge is 0.481 e. The van der Waals surface area contributed by atoms with E-state index in [4.69, 9.17) is 5.11 Å². The normalized spacial score (nSPS) is 15.6. The van der Waals surface area contributed by atoms with Crippen molar-refractivity contribution in [1.82, 2.24) is 10.4 Å². The molecule has 1 aliphatic rings. The van der Waals surface area contributed by atoms with Crippen LogP contribution >= 0.6 is 0 Å². The van der Waals surface area contributed by atoms with Crippen molar-refractivity contribution in [3.8, 4) is 0 Å². The summed E-state index contributed by atoms with van der Waals surface area (Å²) in [6.07, 6.45) is 2.02. The number of benzene rings is 2. The number of carboxylic acids is 1. The van der Waals surface area contributed by atoms with Crippen LogP contribution in [0.4, 0.5) is 5.69 Å². The van der Waals surface area contributed by atoms with Gasteiger partial charge in [-0.05, 0) is 30.5 Å². The summed E-state index contributed by atoms with van der Waals surface area (Å²) >= 11 is 0. The molecular weight excluding hydrogens is 374 g/mol. The van der Waals surface area contributed by atoms with Gasteiger partial charge in [-0.15, -0.1) is 0 Å². The zero-order valence-corrected chi connectivity index (χ0v) is 15.9. The van der Waals surface area contributed by atoms with E-state index in [2.05, 4.69) is 5.43 Å². The van der Waals surface area contributed by atoms with E-state index in [1.807, 2.05) is 37.3 Å².